The van der Waals surface area contributed by atoms with E-state index in [1.807, 2.05) is 28.8 Å². The standard InChI is InChI=1S/C16H13ClFN3OS/c1-10(15(22)20-11-5-6-14(18)13(17)8-11)23-16-19-9-12-4-2-3-7-21(12)16/h2-10H,1H3,(H,20,22). The minimum Gasteiger partial charge on any atom is -0.325 e. The summed E-state index contributed by atoms with van der Waals surface area (Å²) in [6, 6.07) is 9.86. The van der Waals surface area contributed by atoms with E-state index in [1.165, 1.54) is 30.0 Å². The van der Waals surface area contributed by atoms with Crippen LogP contribution in [0.15, 0.2) is 53.9 Å². The lowest BCUT2D eigenvalue weighted by atomic mass is 10.3. The molecular formula is C16H13ClFN3OS. The number of fused-ring (bicyclic) bond motifs is 1. The fourth-order valence-electron chi connectivity index (χ4n) is 2.04. The third-order valence-electron chi connectivity index (χ3n) is 3.24. The number of anilines is 1. The molecule has 0 bridgehead atoms. The monoisotopic (exact) mass is 349 g/mol. The third-order valence-corrected chi connectivity index (χ3v) is 4.61. The molecule has 2 aromatic heterocycles. The zero-order valence-corrected chi connectivity index (χ0v) is 13.7. The Morgan fingerprint density at radius 1 is 1.39 bits per heavy atom. The largest absolute Gasteiger partial charge is 0.325 e. The van der Waals surface area contributed by atoms with Crippen molar-refractivity contribution in [2.45, 2.75) is 17.3 Å². The van der Waals surface area contributed by atoms with E-state index in [1.54, 1.807) is 13.1 Å². The summed E-state index contributed by atoms with van der Waals surface area (Å²) in [7, 11) is 0. The van der Waals surface area contributed by atoms with E-state index in [9.17, 15) is 9.18 Å². The molecule has 7 heteroatoms. The Hall–Kier alpha value is -2.05. The molecule has 23 heavy (non-hydrogen) atoms. The van der Waals surface area contributed by atoms with Crippen molar-refractivity contribution in [3.63, 3.8) is 0 Å². The molecule has 118 valence electrons. The number of nitrogens with one attached hydrogen (secondary N) is 1. The molecule has 0 radical (unpaired) electrons. The number of thioether (sulfide) groups is 1. The number of imidazole rings is 1. The first-order valence-electron chi connectivity index (χ1n) is 6.89. The van der Waals surface area contributed by atoms with Gasteiger partial charge in [0.15, 0.2) is 5.16 Å². The number of carbonyl (C=O) groups excluding carboxylic acids is 1. The van der Waals surface area contributed by atoms with Gasteiger partial charge in [0.2, 0.25) is 5.91 Å². The van der Waals surface area contributed by atoms with Gasteiger partial charge in [0, 0.05) is 11.9 Å². The van der Waals surface area contributed by atoms with E-state index < -0.39 is 5.82 Å². The fourth-order valence-corrected chi connectivity index (χ4v) is 3.09. The van der Waals surface area contributed by atoms with Gasteiger partial charge in [-0.25, -0.2) is 9.37 Å². The molecule has 1 atom stereocenters. The number of hydrogen-bond donors (Lipinski definition) is 1. The molecule has 3 rings (SSSR count). The predicted molar refractivity (Wildman–Crippen MR) is 90.6 cm³/mol. The van der Waals surface area contributed by atoms with Crippen LogP contribution in [0, 0.1) is 5.82 Å². The second-order valence-corrected chi connectivity index (χ2v) is 6.63. The number of benzene rings is 1. The van der Waals surface area contributed by atoms with Gasteiger partial charge in [-0.1, -0.05) is 29.4 Å². The molecule has 1 N–H and O–H groups in total. The zero-order valence-electron chi connectivity index (χ0n) is 12.2. The van der Waals surface area contributed by atoms with Gasteiger partial charge in [0.25, 0.3) is 0 Å². The van der Waals surface area contributed by atoms with Crippen LogP contribution >= 0.6 is 23.4 Å². The normalized spacial score (nSPS) is 12.3. The van der Waals surface area contributed by atoms with Crippen LogP contribution in [0.2, 0.25) is 5.02 Å². The van der Waals surface area contributed by atoms with Crippen LogP contribution in [0.3, 0.4) is 0 Å². The van der Waals surface area contributed by atoms with Gasteiger partial charge in [-0.15, -0.1) is 0 Å². The minimum atomic E-state index is -0.518. The SMILES string of the molecule is CC(Sc1ncc2ccccn12)C(=O)Nc1ccc(F)c(Cl)c1. The maximum atomic E-state index is 13.1. The number of amides is 1. The van der Waals surface area contributed by atoms with E-state index in [0.717, 1.165) is 10.7 Å². The Balaban J connectivity index is 1.71. The van der Waals surface area contributed by atoms with Crippen LogP contribution in [0.1, 0.15) is 6.92 Å². The summed E-state index contributed by atoms with van der Waals surface area (Å²) < 4.78 is 15.1. The van der Waals surface area contributed by atoms with Crippen molar-refractivity contribution >= 4 is 40.5 Å². The van der Waals surface area contributed by atoms with Crippen molar-refractivity contribution in [2.24, 2.45) is 0 Å². The molecule has 1 aromatic carbocycles. The van der Waals surface area contributed by atoms with Gasteiger partial charge in [0.05, 0.1) is 22.0 Å². The lowest BCUT2D eigenvalue weighted by molar-refractivity contribution is -0.115. The number of aromatic nitrogens is 2. The van der Waals surface area contributed by atoms with Crippen molar-refractivity contribution < 1.29 is 9.18 Å². The van der Waals surface area contributed by atoms with Crippen molar-refractivity contribution in [3.05, 3.63) is 59.6 Å². The first-order valence-corrected chi connectivity index (χ1v) is 8.15. The smallest absolute Gasteiger partial charge is 0.237 e. The van der Waals surface area contributed by atoms with Gasteiger partial charge in [-0.2, -0.15) is 0 Å². The molecule has 0 aliphatic rings. The zero-order chi connectivity index (χ0) is 16.4. The maximum absolute atomic E-state index is 13.1. The fraction of sp³-hybridized carbons (Fsp3) is 0.125. The Bertz CT molecular complexity index is 867. The van der Waals surface area contributed by atoms with Gasteiger partial charge in [0.1, 0.15) is 5.82 Å². The number of pyridine rings is 1. The molecule has 0 saturated heterocycles. The van der Waals surface area contributed by atoms with Crippen LogP contribution in [-0.2, 0) is 4.79 Å². The Morgan fingerprint density at radius 3 is 3.00 bits per heavy atom. The summed E-state index contributed by atoms with van der Waals surface area (Å²) in [6.45, 7) is 1.79. The summed E-state index contributed by atoms with van der Waals surface area (Å²) in [4.78, 5) is 16.6. The number of nitrogens with zero attached hydrogens (tertiary/aromatic N) is 2. The van der Waals surface area contributed by atoms with Crippen molar-refractivity contribution in [1.29, 1.82) is 0 Å². The van der Waals surface area contributed by atoms with Gasteiger partial charge in [-0.3, -0.25) is 9.20 Å². The van der Waals surface area contributed by atoms with Crippen LogP contribution in [0.4, 0.5) is 10.1 Å². The van der Waals surface area contributed by atoms with Crippen molar-refractivity contribution in [2.75, 3.05) is 5.32 Å². The van der Waals surface area contributed by atoms with E-state index in [4.69, 9.17) is 11.6 Å². The van der Waals surface area contributed by atoms with E-state index in [0.29, 0.717) is 5.69 Å². The molecule has 2 heterocycles. The predicted octanol–water partition coefficient (Wildman–Crippen LogP) is 4.25. The van der Waals surface area contributed by atoms with Crippen LogP contribution in [0.5, 0.6) is 0 Å². The van der Waals surface area contributed by atoms with Gasteiger partial charge in [-0.05, 0) is 37.3 Å². The van der Waals surface area contributed by atoms with Crippen LogP contribution < -0.4 is 5.32 Å². The number of carbonyl (C=O) groups is 1. The summed E-state index contributed by atoms with van der Waals surface area (Å²) in [6.07, 6.45) is 3.65. The van der Waals surface area contributed by atoms with Crippen LogP contribution in [-0.4, -0.2) is 20.5 Å². The number of rotatable bonds is 4. The first-order chi connectivity index (χ1) is 11.0. The molecule has 4 nitrogen and oxygen atoms in total. The quantitative estimate of drug-likeness (QED) is 0.716. The van der Waals surface area contributed by atoms with Crippen molar-refractivity contribution in [1.82, 2.24) is 9.38 Å². The van der Waals surface area contributed by atoms with Gasteiger partial charge < -0.3 is 5.32 Å². The summed E-state index contributed by atoms with van der Waals surface area (Å²) in [5, 5.41) is 3.06. The molecule has 0 aliphatic carbocycles. The minimum absolute atomic E-state index is 0.0256. The van der Waals surface area contributed by atoms with E-state index >= 15 is 0 Å². The summed E-state index contributed by atoms with van der Waals surface area (Å²) >= 11 is 7.06. The molecule has 3 aromatic rings. The van der Waals surface area contributed by atoms with Crippen LogP contribution in [0.25, 0.3) is 5.52 Å². The lowest BCUT2D eigenvalue weighted by Crippen LogP contribution is -2.22. The highest BCUT2D eigenvalue weighted by Gasteiger charge is 2.17. The lowest BCUT2D eigenvalue weighted by Gasteiger charge is -2.11. The molecule has 0 spiro atoms. The molecule has 1 unspecified atom stereocenters. The summed E-state index contributed by atoms with van der Waals surface area (Å²) in [5.74, 6) is -0.721. The average molecular weight is 350 g/mol. The average Bonchev–Trinajstić information content (AvgIpc) is 2.94. The molecule has 0 saturated carbocycles. The number of halogens is 2. The highest BCUT2D eigenvalue weighted by Crippen LogP contribution is 2.25. The molecule has 1 amide bonds. The Labute approximate surface area is 141 Å². The second kappa shape index (κ2) is 6.60. The third kappa shape index (κ3) is 3.48. The Morgan fingerprint density at radius 2 is 2.22 bits per heavy atom. The molecular weight excluding hydrogens is 337 g/mol. The van der Waals surface area contributed by atoms with Gasteiger partial charge >= 0.3 is 0 Å². The Kier molecular flexibility index (Phi) is 4.54. The highest BCUT2D eigenvalue weighted by atomic mass is 35.5. The first kappa shape index (κ1) is 15.8. The topological polar surface area (TPSA) is 46.4 Å². The molecule has 0 fully saturated rings. The van der Waals surface area contributed by atoms with E-state index in [-0.39, 0.29) is 16.2 Å². The van der Waals surface area contributed by atoms with E-state index in [2.05, 4.69) is 10.3 Å². The summed E-state index contributed by atoms with van der Waals surface area (Å²) in [5.41, 5.74) is 1.43. The van der Waals surface area contributed by atoms with Crippen molar-refractivity contribution in [3.8, 4) is 0 Å². The maximum Gasteiger partial charge on any atom is 0.237 e. The highest BCUT2D eigenvalue weighted by molar-refractivity contribution is 8.00. The molecule has 0 aliphatic heterocycles. The number of hydrogen-bond acceptors (Lipinski definition) is 3. The second-order valence-electron chi connectivity index (χ2n) is 4.91.